The van der Waals surface area contributed by atoms with Crippen molar-refractivity contribution >= 4 is 0 Å². The molecule has 0 aliphatic carbocycles. The normalized spacial score (nSPS) is 12.6. The first kappa shape index (κ1) is 12.8. The van der Waals surface area contributed by atoms with E-state index in [2.05, 4.69) is 53.7 Å². The minimum absolute atomic E-state index is 0.431. The third-order valence-corrected chi connectivity index (χ3v) is 3.23. The largest absolute Gasteiger partial charge is 0.308 e. The van der Waals surface area contributed by atoms with Gasteiger partial charge in [0.05, 0.1) is 11.9 Å². The van der Waals surface area contributed by atoms with Gasteiger partial charge in [0, 0.05) is 19.6 Å². The lowest BCUT2D eigenvalue weighted by atomic mass is 10.0. The molecule has 0 bridgehead atoms. The van der Waals surface area contributed by atoms with E-state index >= 15 is 0 Å². The molecule has 2 rings (SSSR count). The molecule has 0 amide bonds. The molecule has 18 heavy (non-hydrogen) atoms. The van der Waals surface area contributed by atoms with E-state index in [0.717, 1.165) is 18.7 Å². The molecule has 0 radical (unpaired) electrons. The monoisotopic (exact) mass is 244 g/mol. The second-order valence-electron chi connectivity index (χ2n) is 4.76. The highest BCUT2D eigenvalue weighted by Gasteiger charge is 2.06. The van der Waals surface area contributed by atoms with E-state index in [0.29, 0.717) is 6.04 Å². The molecule has 1 atom stereocenters. The summed E-state index contributed by atoms with van der Waals surface area (Å²) >= 11 is 0. The van der Waals surface area contributed by atoms with E-state index in [1.165, 1.54) is 11.1 Å². The van der Waals surface area contributed by atoms with E-state index in [-0.39, 0.29) is 0 Å². The van der Waals surface area contributed by atoms with Crippen LogP contribution in [0.4, 0.5) is 0 Å². The zero-order chi connectivity index (χ0) is 13.0. The molecule has 1 N–H and O–H groups in total. The first-order valence-electron chi connectivity index (χ1n) is 6.28. The van der Waals surface area contributed by atoms with Gasteiger partial charge in [0.15, 0.2) is 0 Å². The Hall–Kier alpha value is -1.68. The fraction of sp³-hybridized carbons (Fsp3) is 0.429. The molecular weight excluding hydrogens is 224 g/mol. The van der Waals surface area contributed by atoms with E-state index in [4.69, 9.17) is 0 Å². The Morgan fingerprint density at radius 1 is 1.33 bits per heavy atom. The standard InChI is InChI=1S/C14H20N4/c1-11-6-4-5-7-13(11)8-12(2)15-9-14-10-16-17-18(14)3/h4-7,10,12,15H,8-9H2,1-3H3. The number of nitrogens with zero attached hydrogens (tertiary/aromatic N) is 3. The van der Waals surface area contributed by atoms with Gasteiger partial charge in [-0.1, -0.05) is 29.5 Å². The summed E-state index contributed by atoms with van der Waals surface area (Å²) in [5, 5.41) is 11.3. The first-order chi connectivity index (χ1) is 8.66. The Balaban J connectivity index is 1.88. The molecule has 0 fully saturated rings. The van der Waals surface area contributed by atoms with Gasteiger partial charge in [-0.05, 0) is 31.4 Å². The lowest BCUT2D eigenvalue weighted by Gasteiger charge is -2.15. The third kappa shape index (κ3) is 3.17. The molecule has 96 valence electrons. The quantitative estimate of drug-likeness (QED) is 0.872. The number of hydrogen-bond acceptors (Lipinski definition) is 3. The lowest BCUT2D eigenvalue weighted by Crippen LogP contribution is -2.28. The van der Waals surface area contributed by atoms with Gasteiger partial charge >= 0.3 is 0 Å². The van der Waals surface area contributed by atoms with Crippen LogP contribution in [0.2, 0.25) is 0 Å². The summed E-state index contributed by atoms with van der Waals surface area (Å²) in [5.74, 6) is 0. The zero-order valence-corrected chi connectivity index (χ0v) is 11.2. The summed E-state index contributed by atoms with van der Waals surface area (Å²) in [6, 6.07) is 8.96. The molecule has 0 aliphatic heterocycles. The number of nitrogens with one attached hydrogen (secondary N) is 1. The number of rotatable bonds is 5. The van der Waals surface area contributed by atoms with E-state index in [1.54, 1.807) is 10.9 Å². The fourth-order valence-corrected chi connectivity index (χ4v) is 1.99. The van der Waals surface area contributed by atoms with Crippen molar-refractivity contribution in [2.24, 2.45) is 7.05 Å². The van der Waals surface area contributed by atoms with Crippen molar-refractivity contribution in [2.45, 2.75) is 32.9 Å². The highest BCUT2D eigenvalue weighted by Crippen LogP contribution is 2.09. The maximum atomic E-state index is 3.92. The number of benzene rings is 1. The fourth-order valence-electron chi connectivity index (χ4n) is 1.99. The Kier molecular flexibility index (Phi) is 4.10. The molecule has 0 aliphatic rings. The summed E-state index contributed by atoms with van der Waals surface area (Å²) in [4.78, 5) is 0. The number of aryl methyl sites for hydroxylation is 2. The predicted octanol–water partition coefficient (Wildman–Crippen LogP) is 1.84. The maximum Gasteiger partial charge on any atom is 0.0738 e. The molecule has 1 aromatic carbocycles. The lowest BCUT2D eigenvalue weighted by molar-refractivity contribution is 0.524. The maximum absolute atomic E-state index is 3.92. The summed E-state index contributed by atoms with van der Waals surface area (Å²) in [5.41, 5.74) is 3.86. The van der Waals surface area contributed by atoms with Crippen molar-refractivity contribution < 1.29 is 0 Å². The molecule has 0 spiro atoms. The molecule has 0 saturated heterocycles. The molecule has 1 heterocycles. The smallest absolute Gasteiger partial charge is 0.0738 e. The van der Waals surface area contributed by atoms with Crippen LogP contribution in [0.5, 0.6) is 0 Å². The van der Waals surface area contributed by atoms with Gasteiger partial charge in [0.25, 0.3) is 0 Å². The summed E-state index contributed by atoms with van der Waals surface area (Å²) in [7, 11) is 1.91. The molecule has 0 saturated carbocycles. The van der Waals surface area contributed by atoms with Crippen molar-refractivity contribution in [3.05, 3.63) is 47.3 Å². The van der Waals surface area contributed by atoms with Crippen LogP contribution in [0.15, 0.2) is 30.5 Å². The van der Waals surface area contributed by atoms with Gasteiger partial charge in [-0.3, -0.25) is 4.68 Å². The van der Waals surface area contributed by atoms with Crippen LogP contribution in [0, 0.1) is 6.92 Å². The van der Waals surface area contributed by atoms with Crippen LogP contribution in [-0.2, 0) is 20.0 Å². The van der Waals surface area contributed by atoms with Crippen LogP contribution >= 0.6 is 0 Å². The van der Waals surface area contributed by atoms with Gasteiger partial charge in [0.2, 0.25) is 0 Å². The molecule has 2 aromatic rings. The summed E-state index contributed by atoms with van der Waals surface area (Å²) in [6.07, 6.45) is 2.84. The van der Waals surface area contributed by atoms with Crippen LogP contribution in [0.25, 0.3) is 0 Å². The van der Waals surface area contributed by atoms with Crippen molar-refractivity contribution in [1.29, 1.82) is 0 Å². The Morgan fingerprint density at radius 2 is 2.11 bits per heavy atom. The zero-order valence-electron chi connectivity index (χ0n) is 11.2. The van der Waals surface area contributed by atoms with Crippen molar-refractivity contribution in [2.75, 3.05) is 0 Å². The van der Waals surface area contributed by atoms with Crippen LogP contribution < -0.4 is 5.32 Å². The van der Waals surface area contributed by atoms with Gasteiger partial charge in [-0.15, -0.1) is 5.10 Å². The second-order valence-corrected chi connectivity index (χ2v) is 4.76. The van der Waals surface area contributed by atoms with Gasteiger partial charge in [-0.2, -0.15) is 0 Å². The van der Waals surface area contributed by atoms with Crippen molar-refractivity contribution in [3.63, 3.8) is 0 Å². The minimum Gasteiger partial charge on any atom is -0.308 e. The van der Waals surface area contributed by atoms with Crippen LogP contribution in [-0.4, -0.2) is 21.0 Å². The highest BCUT2D eigenvalue weighted by atomic mass is 15.4. The number of hydrogen-bond donors (Lipinski definition) is 1. The predicted molar refractivity (Wildman–Crippen MR) is 72.2 cm³/mol. The van der Waals surface area contributed by atoms with Gasteiger partial charge < -0.3 is 5.32 Å². The van der Waals surface area contributed by atoms with Crippen LogP contribution in [0.1, 0.15) is 23.7 Å². The Labute approximate surface area is 108 Å². The second kappa shape index (κ2) is 5.78. The minimum atomic E-state index is 0.431. The van der Waals surface area contributed by atoms with E-state index in [1.807, 2.05) is 7.05 Å². The van der Waals surface area contributed by atoms with E-state index < -0.39 is 0 Å². The first-order valence-corrected chi connectivity index (χ1v) is 6.28. The molecule has 4 nitrogen and oxygen atoms in total. The Morgan fingerprint density at radius 3 is 2.78 bits per heavy atom. The average Bonchev–Trinajstić information content (AvgIpc) is 2.75. The SMILES string of the molecule is Cc1ccccc1CC(C)NCc1cnnn1C. The van der Waals surface area contributed by atoms with Gasteiger partial charge in [-0.25, -0.2) is 0 Å². The third-order valence-electron chi connectivity index (χ3n) is 3.23. The molecular formula is C14H20N4. The van der Waals surface area contributed by atoms with Crippen LogP contribution in [0.3, 0.4) is 0 Å². The van der Waals surface area contributed by atoms with Crippen molar-refractivity contribution in [3.8, 4) is 0 Å². The number of aromatic nitrogens is 3. The highest BCUT2D eigenvalue weighted by molar-refractivity contribution is 5.26. The molecule has 4 heteroatoms. The molecule has 1 unspecified atom stereocenters. The topological polar surface area (TPSA) is 42.7 Å². The van der Waals surface area contributed by atoms with Gasteiger partial charge in [0.1, 0.15) is 0 Å². The van der Waals surface area contributed by atoms with E-state index in [9.17, 15) is 0 Å². The average molecular weight is 244 g/mol. The molecule has 1 aromatic heterocycles. The van der Waals surface area contributed by atoms with Crippen molar-refractivity contribution in [1.82, 2.24) is 20.3 Å². The summed E-state index contributed by atoms with van der Waals surface area (Å²) in [6.45, 7) is 5.17. The Bertz CT molecular complexity index is 504. The summed E-state index contributed by atoms with van der Waals surface area (Å²) < 4.78 is 1.80.